The predicted molar refractivity (Wildman–Crippen MR) is 45.8 cm³/mol. The van der Waals surface area contributed by atoms with Gasteiger partial charge in [-0.05, 0) is 0 Å². The van der Waals surface area contributed by atoms with E-state index in [0.717, 1.165) is 0 Å². The summed E-state index contributed by atoms with van der Waals surface area (Å²) in [4.78, 5) is 21.6. The van der Waals surface area contributed by atoms with E-state index in [1.165, 1.54) is 14.2 Å². The molecule has 0 heterocycles. The van der Waals surface area contributed by atoms with Crippen LogP contribution in [0.3, 0.4) is 0 Å². The summed E-state index contributed by atoms with van der Waals surface area (Å²) in [5.74, 6) is -1.15. The van der Waals surface area contributed by atoms with Crippen LogP contribution in [0, 0.1) is 0 Å². The zero-order valence-corrected chi connectivity index (χ0v) is 7.70. The average molecular weight is 187 g/mol. The van der Waals surface area contributed by atoms with Crippen LogP contribution in [0.2, 0.25) is 0 Å². The first-order valence-electron chi connectivity index (χ1n) is 3.62. The summed E-state index contributed by atoms with van der Waals surface area (Å²) in [5.41, 5.74) is 5.53. The summed E-state index contributed by atoms with van der Waals surface area (Å²) in [5, 5.41) is 0. The van der Waals surface area contributed by atoms with Crippen molar-refractivity contribution < 1.29 is 19.1 Å². The molecule has 1 atom stereocenters. The molecule has 0 radical (unpaired) electrons. The van der Waals surface area contributed by atoms with Crippen molar-refractivity contribution in [1.29, 1.82) is 0 Å². The van der Waals surface area contributed by atoms with Crippen LogP contribution in [0.25, 0.3) is 0 Å². The van der Waals surface area contributed by atoms with Gasteiger partial charge in [-0.25, -0.2) is 4.79 Å². The van der Waals surface area contributed by atoms with Crippen molar-refractivity contribution in [1.82, 2.24) is 0 Å². The highest BCUT2D eigenvalue weighted by Crippen LogP contribution is 2.04. The van der Waals surface area contributed by atoms with E-state index in [4.69, 9.17) is 5.73 Å². The molecule has 0 saturated heterocycles. The van der Waals surface area contributed by atoms with E-state index in [1.54, 1.807) is 0 Å². The van der Waals surface area contributed by atoms with E-state index >= 15 is 0 Å². The number of hydrogen-bond donors (Lipinski definition) is 1. The molecular formula is C8H13NO4. The lowest BCUT2D eigenvalue weighted by atomic mass is 10.1. The monoisotopic (exact) mass is 187 g/mol. The van der Waals surface area contributed by atoms with Gasteiger partial charge in [-0.1, -0.05) is 6.58 Å². The Labute approximate surface area is 76.5 Å². The lowest BCUT2D eigenvalue weighted by Gasteiger charge is -2.09. The third-order valence-corrected chi connectivity index (χ3v) is 1.44. The van der Waals surface area contributed by atoms with Crippen molar-refractivity contribution in [2.24, 2.45) is 5.73 Å². The van der Waals surface area contributed by atoms with Crippen LogP contribution in [0.1, 0.15) is 6.42 Å². The zero-order valence-electron chi connectivity index (χ0n) is 7.70. The fourth-order valence-corrected chi connectivity index (χ4v) is 0.728. The minimum Gasteiger partial charge on any atom is -0.468 e. The van der Waals surface area contributed by atoms with Crippen LogP contribution in [-0.2, 0) is 19.1 Å². The number of ether oxygens (including phenoxy) is 2. The van der Waals surface area contributed by atoms with Gasteiger partial charge in [0.05, 0.1) is 14.2 Å². The largest absolute Gasteiger partial charge is 0.468 e. The molecule has 5 nitrogen and oxygen atoms in total. The highest BCUT2D eigenvalue weighted by molar-refractivity contribution is 5.89. The van der Waals surface area contributed by atoms with Gasteiger partial charge < -0.3 is 15.2 Å². The summed E-state index contributed by atoms with van der Waals surface area (Å²) in [6, 6.07) is -0.864. The Hall–Kier alpha value is -1.36. The highest BCUT2D eigenvalue weighted by Gasteiger charge is 2.18. The Morgan fingerprint density at radius 2 is 1.92 bits per heavy atom. The van der Waals surface area contributed by atoms with Gasteiger partial charge in [-0.2, -0.15) is 0 Å². The van der Waals surface area contributed by atoms with Gasteiger partial charge in [-0.3, -0.25) is 4.79 Å². The Bertz CT molecular complexity index is 224. The molecule has 74 valence electrons. The van der Waals surface area contributed by atoms with Crippen molar-refractivity contribution in [3.05, 3.63) is 12.2 Å². The van der Waals surface area contributed by atoms with Crippen molar-refractivity contribution in [2.45, 2.75) is 12.5 Å². The zero-order chi connectivity index (χ0) is 10.4. The smallest absolute Gasteiger partial charge is 0.333 e. The maximum absolute atomic E-state index is 10.8. The quantitative estimate of drug-likeness (QED) is 0.479. The second-order valence-corrected chi connectivity index (χ2v) is 2.43. The van der Waals surface area contributed by atoms with Gasteiger partial charge >= 0.3 is 11.9 Å². The first kappa shape index (κ1) is 11.6. The van der Waals surface area contributed by atoms with Gasteiger partial charge in [0, 0.05) is 12.0 Å². The van der Waals surface area contributed by atoms with Crippen molar-refractivity contribution >= 4 is 11.9 Å². The topological polar surface area (TPSA) is 78.6 Å². The predicted octanol–water partition coefficient (Wildman–Crippen LogP) is -0.394. The fourth-order valence-electron chi connectivity index (χ4n) is 0.728. The van der Waals surface area contributed by atoms with Gasteiger partial charge in [0.25, 0.3) is 0 Å². The van der Waals surface area contributed by atoms with E-state index in [9.17, 15) is 9.59 Å². The number of methoxy groups -OCH3 is 2. The lowest BCUT2D eigenvalue weighted by Crippen LogP contribution is -2.32. The summed E-state index contributed by atoms with van der Waals surface area (Å²) in [7, 11) is 2.46. The Balaban J connectivity index is 4.06. The second kappa shape index (κ2) is 5.31. The minimum absolute atomic E-state index is 0.0410. The lowest BCUT2D eigenvalue weighted by molar-refractivity contribution is -0.142. The molecule has 13 heavy (non-hydrogen) atoms. The van der Waals surface area contributed by atoms with Crippen molar-refractivity contribution in [3.8, 4) is 0 Å². The van der Waals surface area contributed by atoms with Crippen LogP contribution in [0.15, 0.2) is 12.2 Å². The number of rotatable bonds is 4. The molecule has 0 aromatic rings. The minimum atomic E-state index is -0.864. The van der Waals surface area contributed by atoms with E-state index in [1.807, 2.05) is 0 Å². The maximum atomic E-state index is 10.8. The Kier molecular flexibility index (Phi) is 4.76. The SMILES string of the molecule is C=C(CC(N)C(=O)OC)C(=O)OC. The Morgan fingerprint density at radius 3 is 2.31 bits per heavy atom. The average Bonchev–Trinajstić information content (AvgIpc) is 2.14. The molecule has 0 spiro atoms. The standard InChI is InChI=1S/C8H13NO4/c1-5(7(10)12-2)4-6(9)8(11)13-3/h6H,1,4,9H2,2-3H3. The highest BCUT2D eigenvalue weighted by atomic mass is 16.5. The van der Waals surface area contributed by atoms with Crippen molar-refractivity contribution in [3.63, 3.8) is 0 Å². The molecule has 0 aromatic carbocycles. The second-order valence-electron chi connectivity index (χ2n) is 2.43. The molecule has 0 bridgehead atoms. The number of carbonyl (C=O) groups excluding carboxylic acids is 2. The number of carbonyl (C=O) groups is 2. The van der Waals surface area contributed by atoms with Crippen LogP contribution in [0.4, 0.5) is 0 Å². The first-order valence-corrected chi connectivity index (χ1v) is 3.62. The van der Waals surface area contributed by atoms with E-state index < -0.39 is 18.0 Å². The van der Waals surface area contributed by atoms with E-state index in [0.29, 0.717) is 0 Å². The molecule has 2 N–H and O–H groups in total. The molecule has 0 aliphatic rings. The molecule has 0 amide bonds. The van der Waals surface area contributed by atoms with E-state index in [2.05, 4.69) is 16.1 Å². The van der Waals surface area contributed by atoms with Crippen LogP contribution in [-0.4, -0.2) is 32.2 Å². The molecular weight excluding hydrogens is 174 g/mol. The molecule has 0 rings (SSSR count). The van der Waals surface area contributed by atoms with Gasteiger partial charge in [0.1, 0.15) is 6.04 Å². The third kappa shape index (κ3) is 3.71. The number of esters is 2. The van der Waals surface area contributed by atoms with Gasteiger partial charge in [0.2, 0.25) is 0 Å². The van der Waals surface area contributed by atoms with Crippen LogP contribution >= 0.6 is 0 Å². The van der Waals surface area contributed by atoms with Crippen LogP contribution < -0.4 is 5.73 Å². The summed E-state index contributed by atoms with van der Waals surface area (Å²) in [6.45, 7) is 3.42. The normalized spacial score (nSPS) is 11.6. The van der Waals surface area contributed by atoms with Crippen molar-refractivity contribution in [2.75, 3.05) is 14.2 Å². The molecule has 0 fully saturated rings. The summed E-state index contributed by atoms with van der Waals surface area (Å²) < 4.78 is 8.75. The molecule has 0 aromatic heterocycles. The number of nitrogens with two attached hydrogens (primary N) is 1. The first-order chi connectivity index (χ1) is 6.02. The molecule has 1 unspecified atom stereocenters. The van der Waals surface area contributed by atoms with Crippen LogP contribution in [0.5, 0.6) is 0 Å². The fraction of sp³-hybridized carbons (Fsp3) is 0.500. The summed E-state index contributed by atoms with van der Waals surface area (Å²) >= 11 is 0. The third-order valence-electron chi connectivity index (χ3n) is 1.44. The molecule has 5 heteroatoms. The maximum Gasteiger partial charge on any atom is 0.333 e. The Morgan fingerprint density at radius 1 is 1.38 bits per heavy atom. The van der Waals surface area contributed by atoms with E-state index in [-0.39, 0.29) is 12.0 Å². The van der Waals surface area contributed by atoms with Gasteiger partial charge in [0.15, 0.2) is 0 Å². The number of hydrogen-bond acceptors (Lipinski definition) is 5. The molecule has 0 aliphatic heterocycles. The molecule has 0 aliphatic carbocycles. The van der Waals surface area contributed by atoms with Gasteiger partial charge in [-0.15, -0.1) is 0 Å². The summed E-state index contributed by atoms with van der Waals surface area (Å²) in [6.07, 6.45) is 0.0410. The molecule has 0 saturated carbocycles.